The summed E-state index contributed by atoms with van der Waals surface area (Å²) in [5.74, 6) is 7.26. The van der Waals surface area contributed by atoms with Crippen LogP contribution in [-0.2, 0) is 17.6 Å². The third kappa shape index (κ3) is 7.23. The van der Waals surface area contributed by atoms with Crippen LogP contribution in [0.25, 0.3) is 0 Å². The van der Waals surface area contributed by atoms with E-state index < -0.39 is 17.6 Å². The van der Waals surface area contributed by atoms with E-state index in [-0.39, 0.29) is 0 Å². The van der Waals surface area contributed by atoms with Crippen LogP contribution in [-0.4, -0.2) is 0 Å². The van der Waals surface area contributed by atoms with Gasteiger partial charge in [-0.2, -0.15) is 0 Å². The average Bonchev–Trinajstić information content (AvgIpc) is 2.68. The summed E-state index contributed by atoms with van der Waals surface area (Å²) in [6, 6.07) is 9.95. The van der Waals surface area contributed by atoms with Crippen LogP contribution in [0.5, 0.6) is 0 Å². The molecular weight excluding hydrogens is 392 g/mol. The molecule has 1 aliphatic rings. The van der Waals surface area contributed by atoms with E-state index in [2.05, 4.69) is 46.5 Å². The summed E-state index contributed by atoms with van der Waals surface area (Å²) in [5.41, 5.74) is 6.95. The molecule has 1 aliphatic carbocycles. The predicted molar refractivity (Wildman–Crippen MR) is 96.4 cm³/mol. The minimum atomic E-state index is -0.706. The van der Waals surface area contributed by atoms with Crippen LogP contribution in [0.4, 0.5) is 0 Å². The Morgan fingerprint density at radius 3 is 1.45 bits per heavy atom. The molecule has 1 radical (unpaired) electrons. The van der Waals surface area contributed by atoms with Crippen molar-refractivity contribution in [1.82, 2.24) is 0 Å². The Morgan fingerprint density at radius 2 is 1.18 bits per heavy atom. The third-order valence-corrected chi connectivity index (χ3v) is 3.86. The second-order valence-corrected chi connectivity index (χ2v) is 8.27. The Labute approximate surface area is 153 Å². The molecule has 0 bridgehead atoms. The van der Waals surface area contributed by atoms with E-state index >= 15 is 0 Å². The molecule has 22 heavy (non-hydrogen) atoms. The summed E-state index contributed by atoms with van der Waals surface area (Å²) in [6.07, 6.45) is 0. The average molecular weight is 415 g/mol. The van der Waals surface area contributed by atoms with Crippen molar-refractivity contribution in [2.45, 2.75) is 41.5 Å². The second kappa shape index (κ2) is 12.1. The van der Waals surface area contributed by atoms with Crippen molar-refractivity contribution in [3.8, 4) is 11.8 Å². The van der Waals surface area contributed by atoms with Crippen LogP contribution in [0.15, 0.2) is 52.6 Å². The summed E-state index contributed by atoms with van der Waals surface area (Å²) >= 11 is -0.706. The van der Waals surface area contributed by atoms with Gasteiger partial charge in [0.25, 0.3) is 0 Å². The van der Waals surface area contributed by atoms with Crippen molar-refractivity contribution in [1.29, 1.82) is 0 Å². The van der Waals surface area contributed by atoms with E-state index in [1.807, 2.05) is 37.3 Å². The first kappa shape index (κ1) is 21.6. The van der Waals surface area contributed by atoms with Crippen molar-refractivity contribution < 1.29 is 17.6 Å². The molecule has 0 aromatic heterocycles. The van der Waals surface area contributed by atoms with Gasteiger partial charge >= 0.3 is 36.0 Å². The predicted octanol–water partition coefficient (Wildman–Crippen LogP) is 6.70. The Balaban J connectivity index is 0.000000342. The molecule has 0 saturated heterocycles. The molecule has 0 saturated carbocycles. The summed E-state index contributed by atoms with van der Waals surface area (Å²) in [5, 5.41) is 0. The molecule has 0 aliphatic heterocycles. The van der Waals surface area contributed by atoms with E-state index in [1.54, 1.807) is 0 Å². The number of rotatable bonds is 0. The fourth-order valence-corrected chi connectivity index (χ4v) is 2.07. The van der Waals surface area contributed by atoms with E-state index in [9.17, 15) is 0 Å². The molecule has 0 nitrogen and oxygen atoms in total. The number of halogens is 2. The second-order valence-electron chi connectivity index (χ2n) is 4.93. The molecule has 118 valence electrons. The Kier molecular flexibility index (Phi) is 11.8. The minimum absolute atomic E-state index is 0.706. The Hall–Kier alpha value is -0.420. The molecule has 2 rings (SSSR count). The van der Waals surface area contributed by atoms with Gasteiger partial charge in [0.15, 0.2) is 0 Å². The summed E-state index contributed by atoms with van der Waals surface area (Å²) in [7, 11) is 9.83. The molecule has 0 spiro atoms. The zero-order valence-electron chi connectivity index (χ0n) is 14.1. The maximum absolute atomic E-state index is 4.91. The Bertz CT molecular complexity index is 550. The zero-order valence-corrected chi connectivity index (χ0v) is 17.8. The molecule has 0 N–H and O–H groups in total. The van der Waals surface area contributed by atoms with Crippen LogP contribution >= 0.6 is 18.4 Å². The van der Waals surface area contributed by atoms with Crippen molar-refractivity contribution in [3.63, 3.8) is 0 Å². The molecule has 0 unspecified atom stereocenters. The molecule has 3 heteroatoms. The van der Waals surface area contributed by atoms with Gasteiger partial charge in [-0.25, -0.2) is 0 Å². The topological polar surface area (TPSA) is 0 Å². The van der Waals surface area contributed by atoms with Gasteiger partial charge in [0.05, 0.1) is 0 Å². The standard InChI is InChI=1S/C10H15.C9H8.2ClH.Nb/c1-6-7(2)9(4)10(5)8(6)3;1-2-6-9-7-4-3-5-8-9;;;/h1-5H3;3-5,7-8H,1H3;2*1H;/q;;;;+2/p-2. The molecule has 0 amide bonds. The van der Waals surface area contributed by atoms with Crippen LogP contribution < -0.4 is 0 Å². The SMILES string of the molecule is CC#Cc1ccccc1.C[C]1C(C)=C(C)C(C)=C1C.[Cl][Nb][Cl]. The van der Waals surface area contributed by atoms with Gasteiger partial charge in [0.2, 0.25) is 0 Å². The summed E-state index contributed by atoms with van der Waals surface area (Å²) < 4.78 is 0. The number of allylic oxidation sites excluding steroid dienone is 4. The van der Waals surface area contributed by atoms with Crippen LogP contribution in [0, 0.1) is 17.8 Å². The Morgan fingerprint density at radius 1 is 0.773 bits per heavy atom. The third-order valence-electron chi connectivity index (χ3n) is 3.86. The van der Waals surface area contributed by atoms with E-state index in [4.69, 9.17) is 18.4 Å². The molecule has 0 heterocycles. The van der Waals surface area contributed by atoms with Gasteiger partial charge in [-0.05, 0) is 57.9 Å². The van der Waals surface area contributed by atoms with Gasteiger partial charge in [0, 0.05) is 11.5 Å². The number of benzene rings is 1. The molecule has 1 aromatic carbocycles. The quantitative estimate of drug-likeness (QED) is 0.327. The van der Waals surface area contributed by atoms with Gasteiger partial charge in [0.1, 0.15) is 0 Å². The molecule has 0 fully saturated rings. The van der Waals surface area contributed by atoms with Gasteiger partial charge in [-0.3, -0.25) is 0 Å². The fourth-order valence-electron chi connectivity index (χ4n) is 2.07. The van der Waals surface area contributed by atoms with E-state index in [0.29, 0.717) is 0 Å². The van der Waals surface area contributed by atoms with E-state index in [0.717, 1.165) is 5.56 Å². The van der Waals surface area contributed by atoms with E-state index in [1.165, 1.54) is 28.2 Å². The maximum atomic E-state index is 4.91. The van der Waals surface area contributed by atoms with Gasteiger partial charge < -0.3 is 0 Å². The first-order valence-electron chi connectivity index (χ1n) is 7.00. The molecule has 1 aromatic rings. The van der Waals surface area contributed by atoms with Crippen molar-refractivity contribution in [2.75, 3.05) is 0 Å². The first-order valence-corrected chi connectivity index (χ1v) is 12.7. The van der Waals surface area contributed by atoms with Gasteiger partial charge in [-0.1, -0.05) is 42.2 Å². The fraction of sp³-hybridized carbons (Fsp3) is 0.316. The summed E-state index contributed by atoms with van der Waals surface area (Å²) in [4.78, 5) is 0. The number of hydrogen-bond acceptors (Lipinski definition) is 0. The number of hydrogen-bond donors (Lipinski definition) is 0. The van der Waals surface area contributed by atoms with Crippen LogP contribution in [0.2, 0.25) is 0 Å². The van der Waals surface area contributed by atoms with Crippen molar-refractivity contribution >= 4 is 18.4 Å². The van der Waals surface area contributed by atoms with Crippen molar-refractivity contribution in [2.24, 2.45) is 0 Å². The normalized spacial score (nSPS) is 13.5. The molecule has 0 atom stereocenters. The summed E-state index contributed by atoms with van der Waals surface area (Å²) in [6.45, 7) is 12.8. The van der Waals surface area contributed by atoms with Crippen molar-refractivity contribution in [3.05, 3.63) is 64.1 Å². The van der Waals surface area contributed by atoms with Crippen LogP contribution in [0.1, 0.15) is 47.1 Å². The monoisotopic (exact) mass is 414 g/mol. The first-order chi connectivity index (χ1) is 10.4. The zero-order chi connectivity index (χ0) is 17.1. The molecular formula is C19H23Cl2Nb. The van der Waals surface area contributed by atoms with Crippen LogP contribution in [0.3, 0.4) is 0 Å². The van der Waals surface area contributed by atoms with Gasteiger partial charge in [-0.15, -0.1) is 5.92 Å².